The van der Waals surface area contributed by atoms with Gasteiger partial charge in [-0.25, -0.2) is 8.42 Å². The number of halogens is 1. The molecule has 2 aromatic carbocycles. The van der Waals surface area contributed by atoms with Crippen LogP contribution in [0, 0.1) is 0 Å². The zero-order valence-electron chi connectivity index (χ0n) is 15.2. The monoisotopic (exact) mass is 427 g/mol. The number of ether oxygens (including phenoxy) is 2. The summed E-state index contributed by atoms with van der Waals surface area (Å²) in [6, 6.07) is 10.9. The number of sulfonamides is 1. The van der Waals surface area contributed by atoms with Crippen LogP contribution in [0.15, 0.2) is 47.4 Å². The number of carbonyl (C=O) groups is 1. The molecule has 1 aliphatic heterocycles. The molecule has 0 saturated carbocycles. The van der Waals surface area contributed by atoms with Gasteiger partial charge in [0.25, 0.3) is 10.0 Å². The number of benzene rings is 2. The second-order valence-electron chi connectivity index (χ2n) is 5.92. The fourth-order valence-corrected chi connectivity index (χ4v) is 3.59. The maximum atomic E-state index is 12.6. The summed E-state index contributed by atoms with van der Waals surface area (Å²) in [6.07, 6.45) is 0.742. The number of likely N-dealkylation sites (N-methyl/N-ethyl adjacent to an activating group) is 1. The molecule has 0 unspecified atom stereocenters. The van der Waals surface area contributed by atoms with E-state index in [0.717, 1.165) is 6.42 Å². The second kappa shape index (κ2) is 9.63. The predicted octanol–water partition coefficient (Wildman–Crippen LogP) is 2.23. The number of hydrogen-bond acceptors (Lipinski definition) is 6. The second-order valence-corrected chi connectivity index (χ2v) is 7.60. The fraction of sp³-hybridized carbons (Fsp3) is 0.278. The maximum Gasteiger partial charge on any atom is 0.262 e. The predicted molar refractivity (Wildman–Crippen MR) is 109 cm³/mol. The number of rotatable bonds is 6. The molecule has 28 heavy (non-hydrogen) atoms. The molecule has 0 atom stereocenters. The van der Waals surface area contributed by atoms with E-state index in [0.29, 0.717) is 36.1 Å². The molecule has 0 aliphatic carbocycles. The van der Waals surface area contributed by atoms with Crippen molar-refractivity contribution in [2.75, 3.05) is 36.8 Å². The minimum Gasteiger partial charge on any atom is -0.490 e. The molecule has 10 heteroatoms. The Morgan fingerprint density at radius 3 is 2.32 bits per heavy atom. The smallest absolute Gasteiger partial charge is 0.262 e. The summed E-state index contributed by atoms with van der Waals surface area (Å²) in [5.74, 6) is 0.768. The van der Waals surface area contributed by atoms with Gasteiger partial charge < -0.3 is 20.1 Å². The van der Waals surface area contributed by atoms with Crippen LogP contribution in [0.3, 0.4) is 0 Å². The van der Waals surface area contributed by atoms with Crippen molar-refractivity contribution in [2.45, 2.75) is 11.3 Å². The molecule has 0 fully saturated rings. The number of fused-ring (bicyclic) bond motifs is 1. The number of amides is 1. The largest absolute Gasteiger partial charge is 0.490 e. The molecule has 0 aromatic heterocycles. The van der Waals surface area contributed by atoms with Crippen molar-refractivity contribution in [2.24, 2.45) is 0 Å². The highest BCUT2D eigenvalue weighted by molar-refractivity contribution is 7.92. The molecule has 8 nitrogen and oxygen atoms in total. The first-order valence-electron chi connectivity index (χ1n) is 8.45. The van der Waals surface area contributed by atoms with Gasteiger partial charge in [-0.3, -0.25) is 9.52 Å². The summed E-state index contributed by atoms with van der Waals surface area (Å²) < 4.78 is 38.8. The number of nitrogens with one attached hydrogen (secondary N) is 3. The van der Waals surface area contributed by atoms with E-state index in [4.69, 9.17) is 9.47 Å². The van der Waals surface area contributed by atoms with Crippen molar-refractivity contribution in [3.63, 3.8) is 0 Å². The molecule has 152 valence electrons. The summed E-state index contributed by atoms with van der Waals surface area (Å²) in [6.45, 7) is 1.21. The highest BCUT2D eigenvalue weighted by Crippen LogP contribution is 2.32. The van der Waals surface area contributed by atoms with Gasteiger partial charge in [-0.15, -0.1) is 12.4 Å². The highest BCUT2D eigenvalue weighted by Gasteiger charge is 2.19. The molecular formula is C18H22ClN3O5S. The Hall–Kier alpha value is -2.49. The Bertz CT molecular complexity index is 919. The molecule has 2 aromatic rings. The van der Waals surface area contributed by atoms with E-state index >= 15 is 0 Å². The zero-order valence-corrected chi connectivity index (χ0v) is 16.9. The van der Waals surface area contributed by atoms with Crippen molar-refractivity contribution in [3.05, 3.63) is 42.5 Å². The number of anilines is 2. The van der Waals surface area contributed by atoms with Gasteiger partial charge in [0.15, 0.2) is 11.5 Å². The molecule has 0 radical (unpaired) electrons. The Morgan fingerprint density at radius 1 is 1.00 bits per heavy atom. The quantitative estimate of drug-likeness (QED) is 0.652. The summed E-state index contributed by atoms with van der Waals surface area (Å²) in [4.78, 5) is 11.6. The van der Waals surface area contributed by atoms with Gasteiger partial charge >= 0.3 is 0 Å². The van der Waals surface area contributed by atoms with Gasteiger partial charge in [0, 0.05) is 23.9 Å². The van der Waals surface area contributed by atoms with Crippen LogP contribution in [0.4, 0.5) is 11.4 Å². The standard InChI is InChI=1S/C18H21N3O5S.ClH/c1-19-12-18(22)20-13-3-5-14(6-4-13)21-27(23,24)15-7-8-16-17(11-15)26-10-2-9-25-16;/h3-8,11,19,21H,2,9-10,12H2,1H3,(H,20,22);1H. The molecule has 3 rings (SSSR count). The summed E-state index contributed by atoms with van der Waals surface area (Å²) in [5.41, 5.74) is 0.961. The van der Waals surface area contributed by atoms with Crippen LogP contribution < -0.4 is 24.8 Å². The van der Waals surface area contributed by atoms with Crippen LogP contribution in [0.2, 0.25) is 0 Å². The van der Waals surface area contributed by atoms with E-state index in [1.165, 1.54) is 12.1 Å². The molecule has 0 bridgehead atoms. The average molecular weight is 428 g/mol. The van der Waals surface area contributed by atoms with E-state index in [9.17, 15) is 13.2 Å². The first-order valence-corrected chi connectivity index (χ1v) is 9.93. The molecule has 1 amide bonds. The SMILES string of the molecule is CNCC(=O)Nc1ccc(NS(=O)(=O)c2ccc3c(c2)OCCCO3)cc1.Cl. The molecule has 3 N–H and O–H groups in total. The van der Waals surface area contributed by atoms with E-state index in [2.05, 4.69) is 15.4 Å². The first kappa shape index (κ1) is 21.8. The van der Waals surface area contributed by atoms with Crippen molar-refractivity contribution in [1.29, 1.82) is 0 Å². The van der Waals surface area contributed by atoms with E-state index in [-0.39, 0.29) is 29.8 Å². The number of carbonyl (C=O) groups excluding carboxylic acids is 1. The molecule has 0 spiro atoms. The lowest BCUT2D eigenvalue weighted by atomic mass is 10.3. The van der Waals surface area contributed by atoms with Crippen LogP contribution in [0.5, 0.6) is 11.5 Å². The van der Waals surface area contributed by atoms with E-state index < -0.39 is 10.0 Å². The lowest BCUT2D eigenvalue weighted by Gasteiger charge is -2.12. The van der Waals surface area contributed by atoms with E-state index in [1.807, 2.05) is 0 Å². The molecule has 1 heterocycles. The Kier molecular flexibility index (Phi) is 7.50. The van der Waals surface area contributed by atoms with Gasteiger partial charge in [-0.2, -0.15) is 0 Å². The van der Waals surface area contributed by atoms with Gasteiger partial charge in [0.05, 0.1) is 24.7 Å². The van der Waals surface area contributed by atoms with E-state index in [1.54, 1.807) is 37.4 Å². The third kappa shape index (κ3) is 5.51. The third-order valence-corrected chi connectivity index (χ3v) is 5.17. The van der Waals surface area contributed by atoms with Gasteiger partial charge in [-0.1, -0.05) is 0 Å². The normalized spacial score (nSPS) is 13.0. The van der Waals surface area contributed by atoms with Crippen LogP contribution in [-0.2, 0) is 14.8 Å². The summed E-state index contributed by atoms with van der Waals surface area (Å²) in [7, 11) is -2.11. The van der Waals surface area contributed by atoms with Crippen LogP contribution >= 0.6 is 12.4 Å². The fourth-order valence-electron chi connectivity index (χ4n) is 2.51. The lowest BCUT2D eigenvalue weighted by molar-refractivity contribution is -0.115. The summed E-state index contributed by atoms with van der Waals surface area (Å²) in [5, 5.41) is 5.45. The Labute approximate surface area is 170 Å². The Balaban J connectivity index is 0.00000280. The maximum absolute atomic E-state index is 12.6. The minimum atomic E-state index is -3.79. The van der Waals surface area contributed by atoms with Crippen LogP contribution in [0.1, 0.15) is 6.42 Å². The van der Waals surface area contributed by atoms with Gasteiger partial charge in [0.2, 0.25) is 5.91 Å². The third-order valence-electron chi connectivity index (χ3n) is 3.79. The van der Waals surface area contributed by atoms with Gasteiger partial charge in [-0.05, 0) is 43.4 Å². The van der Waals surface area contributed by atoms with Crippen molar-refractivity contribution < 1.29 is 22.7 Å². The molecule has 1 aliphatic rings. The zero-order chi connectivity index (χ0) is 19.3. The van der Waals surface area contributed by atoms with Crippen molar-refractivity contribution in [1.82, 2.24) is 5.32 Å². The number of hydrogen-bond donors (Lipinski definition) is 3. The van der Waals surface area contributed by atoms with Gasteiger partial charge in [0.1, 0.15) is 0 Å². The Morgan fingerprint density at radius 2 is 1.64 bits per heavy atom. The molecular weight excluding hydrogens is 406 g/mol. The first-order chi connectivity index (χ1) is 13.0. The highest BCUT2D eigenvalue weighted by atomic mass is 35.5. The average Bonchev–Trinajstić information content (AvgIpc) is 2.88. The summed E-state index contributed by atoms with van der Waals surface area (Å²) >= 11 is 0. The lowest BCUT2D eigenvalue weighted by Crippen LogP contribution is -2.25. The van der Waals surface area contributed by atoms with Crippen LogP contribution in [0.25, 0.3) is 0 Å². The topological polar surface area (TPSA) is 106 Å². The minimum absolute atomic E-state index is 0. The van der Waals surface area contributed by atoms with Crippen molar-refractivity contribution in [3.8, 4) is 11.5 Å². The molecule has 0 saturated heterocycles. The van der Waals surface area contributed by atoms with Crippen LogP contribution in [-0.4, -0.2) is 41.1 Å². The van der Waals surface area contributed by atoms with Crippen molar-refractivity contribution >= 4 is 39.7 Å².